The Morgan fingerprint density at radius 2 is 0.315 bits per heavy atom. The summed E-state index contributed by atoms with van der Waals surface area (Å²) in [5.74, 6) is 0. The number of nitrogens with zero attached hydrogens (tertiary/aromatic N) is 7. The molecule has 0 heterocycles. The molecule has 0 saturated carbocycles. The molecule has 15 nitrogen and oxygen atoms in total. The van der Waals surface area contributed by atoms with E-state index in [2.05, 4.69) is 286 Å². The van der Waals surface area contributed by atoms with Crippen molar-refractivity contribution in [1.29, 1.82) is 0 Å². The second-order valence-electron chi connectivity index (χ2n) is 53.2. The molecule has 0 amide bonds. The first kappa shape index (κ1) is 128. The molecule has 0 bridgehead atoms. The van der Waals surface area contributed by atoms with Crippen LogP contribution in [0.1, 0.15) is 90.4 Å². The van der Waals surface area contributed by atoms with Crippen LogP contribution in [-0.4, -0.2) is 377 Å². The predicted molar refractivity (Wildman–Crippen MR) is 581 cm³/mol. The molecule has 0 fully saturated rings. The van der Waals surface area contributed by atoms with E-state index >= 15 is 0 Å². The molecule has 3 unspecified atom stereocenters. The summed E-state index contributed by atoms with van der Waals surface area (Å²) >= 11 is 0.145. The minimum atomic E-state index is -1.94. The SMILES string of the molecule is CCCO[Si](C)(C)CCC[Si](C)(CCC[Si](CCC[Si](C)(CCC[Si](C)(C)OCC[I-][N+](C)(C)C)CCC[Si](C)(C)OCC[N+](C)(C)C)(CCC[Si](C)(CCC[Si](C)(C)OCC[I-][N+](C)(C)C)CCC[Si](C)(C)OCC[N+](C)(C)C)CCC[Si](C)(CCC[Si](C)(C)OCC[N+](C)(C)C)CCC[Si](C)(C)OCC[N+](C)(C)C)CCC[Si](C)(C)OCC[N+](C)(C)C. The van der Waals surface area contributed by atoms with Gasteiger partial charge in [0.1, 0.15) is 32.7 Å². The van der Waals surface area contributed by atoms with E-state index in [1.807, 2.05) is 0 Å². The van der Waals surface area contributed by atoms with Gasteiger partial charge in [-0.3, -0.25) is 0 Å². The molecular weight excluding hydrogens is 1970 g/mol. The summed E-state index contributed by atoms with van der Waals surface area (Å²) in [4.78, 5) is 0. The maximum atomic E-state index is 7.04. The molecular formula is C94H230I2N7O8Si13+5. The Balaban J connectivity index is 9.04. The molecule has 30 heteroatoms. The van der Waals surface area contributed by atoms with Crippen molar-refractivity contribution >= 4 is 107 Å². The molecule has 0 aromatic rings. The quantitative estimate of drug-likeness (QED) is 0.0149. The average molecular weight is 2210 g/mol. The van der Waals surface area contributed by atoms with E-state index in [-0.39, 0.29) is 43.0 Å². The van der Waals surface area contributed by atoms with Crippen LogP contribution in [0, 0.1) is 0 Å². The molecule has 0 radical (unpaired) electrons. The van der Waals surface area contributed by atoms with E-state index in [1.54, 1.807) is 24.2 Å². The molecule has 0 aliphatic rings. The molecule has 124 heavy (non-hydrogen) atoms. The van der Waals surface area contributed by atoms with E-state index in [0.717, 1.165) is 120 Å². The number of hydrogen-bond acceptors (Lipinski definition) is 8. The molecule has 0 rings (SSSR count). The molecule has 3 atom stereocenters. The first-order valence-corrected chi connectivity index (χ1v) is 96.2. The maximum absolute atomic E-state index is 7.04. The molecule has 750 valence electrons. The average Bonchev–Trinajstić information content (AvgIpc) is 0.832. The summed E-state index contributed by atoms with van der Waals surface area (Å²) in [7, 11) is 25.9. The normalized spacial score (nSPS) is 16.4. The number of quaternary nitrogens is 7. The Morgan fingerprint density at radius 3 is 0.452 bits per heavy atom. The van der Waals surface area contributed by atoms with Gasteiger partial charge in [0.2, 0.25) is 0 Å². The van der Waals surface area contributed by atoms with Crippen molar-refractivity contribution in [3.05, 3.63) is 0 Å². The minimum Gasteiger partial charge on any atom is -0.412 e. The van der Waals surface area contributed by atoms with Crippen LogP contribution in [0.25, 0.3) is 0 Å². The Bertz CT molecular complexity index is 2650. The van der Waals surface area contributed by atoms with Crippen LogP contribution in [0.3, 0.4) is 0 Å². The monoisotopic (exact) mass is 2200 g/mol. The molecule has 0 spiro atoms. The molecule has 0 aromatic carbocycles. The smallest absolute Gasteiger partial charge is 0.412 e. The zero-order chi connectivity index (χ0) is 95.8. The van der Waals surface area contributed by atoms with Crippen LogP contribution in [0.2, 0.25) is 276 Å². The van der Waals surface area contributed by atoms with Crippen molar-refractivity contribution in [3.63, 3.8) is 0 Å². The van der Waals surface area contributed by atoms with Gasteiger partial charge < -0.3 is 49.0 Å². The third-order valence-electron chi connectivity index (χ3n) is 27.4. The van der Waals surface area contributed by atoms with E-state index in [4.69, 9.17) is 35.4 Å². The Hall–Kier alpha value is 3.68. The second kappa shape index (κ2) is 58.0. The zero-order valence-electron chi connectivity index (χ0n) is 92.4. The standard InChI is InChI=1S/C94H230I2N7O8Si13/c1-43-63-104-112(23,24)71-44-79-120(39,82-47-74-115(29,30)107-66-58-97(2,3)4)87-52-91-124(94-55-90-123(42,85-50-77-118(35,36)110-69-61-100(11,12)13)86-51-78-119(37,38)111-70-62-101(14,15)16,92-53-88-121(40,83-48-75-116(31,32)108-67-59-98(5,6)7)80-45-72-113(25,26)105-64-56-95-102(17,18)19)93-54-89-122(41,84-49-76-117(33,34)109-68-60-99(8,9)10)81-46-73-114(27,28)106-65-57-96-103(20,21)22/h43-94H2,1-42H3/q+5. The fourth-order valence-corrected chi connectivity index (χ4v) is 62.5. The van der Waals surface area contributed by atoms with Crippen LogP contribution in [0.5, 0.6) is 0 Å². The summed E-state index contributed by atoms with van der Waals surface area (Å²) in [5, 5.41) is 0. The first-order chi connectivity index (χ1) is 56.0. The number of alkyl halides is 2. The van der Waals surface area contributed by atoms with Crippen molar-refractivity contribution in [2.24, 2.45) is 0 Å². The molecule has 0 aliphatic heterocycles. The zero-order valence-corrected chi connectivity index (χ0v) is 110. The van der Waals surface area contributed by atoms with E-state index in [1.165, 1.54) is 207 Å². The second-order valence-corrected chi connectivity index (χ2v) is 122. The van der Waals surface area contributed by atoms with Gasteiger partial charge in [-0.1, -0.05) is 107 Å². The fraction of sp³-hybridized carbons (Fsp3) is 1.00. The van der Waals surface area contributed by atoms with E-state index in [9.17, 15) is 0 Å². The third kappa shape index (κ3) is 73.8. The van der Waals surface area contributed by atoms with Crippen LogP contribution in [0.15, 0.2) is 0 Å². The summed E-state index contributed by atoms with van der Waals surface area (Å²) in [6.07, 6.45) is 17.9. The van der Waals surface area contributed by atoms with Gasteiger partial charge in [-0.15, -0.1) is 0 Å². The van der Waals surface area contributed by atoms with Gasteiger partial charge in [-0.05, 0) is 109 Å². The molecule has 0 aromatic heterocycles. The van der Waals surface area contributed by atoms with Crippen molar-refractivity contribution < 1.29 is 106 Å². The van der Waals surface area contributed by atoms with Crippen molar-refractivity contribution in [2.75, 3.05) is 242 Å². The van der Waals surface area contributed by atoms with Crippen LogP contribution in [0.4, 0.5) is 0 Å². The number of rotatable bonds is 81. The van der Waals surface area contributed by atoms with Gasteiger partial charge in [0.05, 0.1) is 155 Å². The van der Waals surface area contributed by atoms with Gasteiger partial charge in [-0.2, -0.15) is 0 Å². The minimum absolute atomic E-state index is 0.0725. The van der Waals surface area contributed by atoms with Crippen molar-refractivity contribution in [1.82, 2.24) is 0 Å². The van der Waals surface area contributed by atoms with Gasteiger partial charge in [0, 0.05) is 6.61 Å². The summed E-state index contributed by atoms with van der Waals surface area (Å²) in [6, 6.07) is 34.6. The molecule has 0 N–H and O–H groups in total. The summed E-state index contributed by atoms with van der Waals surface area (Å²) in [6.45, 7) is 67.7. The Labute approximate surface area is 814 Å². The van der Waals surface area contributed by atoms with E-state index in [0.29, 0.717) is 0 Å². The Morgan fingerprint density at radius 1 is 0.177 bits per heavy atom. The number of halogens is 2. The first-order valence-electron chi connectivity index (χ1n) is 51.0. The number of hydrogen-bond donors (Lipinski definition) is 0. The van der Waals surface area contributed by atoms with E-state index < -0.39 is 107 Å². The van der Waals surface area contributed by atoms with Gasteiger partial charge in [-0.25, -0.2) is 0 Å². The van der Waals surface area contributed by atoms with Crippen molar-refractivity contribution in [3.8, 4) is 0 Å². The number of likely N-dealkylation sites (N-methyl/N-ethyl adjacent to an activating group) is 5. The van der Waals surface area contributed by atoms with Crippen LogP contribution in [-0.2, 0) is 35.4 Å². The van der Waals surface area contributed by atoms with Gasteiger partial charge in [0.15, 0.2) is 33.3 Å². The van der Waals surface area contributed by atoms with Crippen LogP contribution >= 0.6 is 0 Å². The third-order valence-corrected chi connectivity index (χ3v) is 78.1. The molecule has 0 aliphatic carbocycles. The topological polar surface area (TPSA) is 73.8 Å². The molecule has 0 saturated heterocycles. The van der Waals surface area contributed by atoms with Gasteiger partial charge in [0.25, 0.3) is 0 Å². The predicted octanol–water partition coefficient (Wildman–Crippen LogP) is 18.6. The van der Waals surface area contributed by atoms with Gasteiger partial charge >= 0.3 is 329 Å². The summed E-state index contributed by atoms with van der Waals surface area (Å²) < 4.78 is 65.4. The Kier molecular flexibility index (Phi) is 59.8. The fourth-order valence-electron chi connectivity index (χ4n) is 18.5. The van der Waals surface area contributed by atoms with Crippen LogP contribution < -0.4 is 43.0 Å². The van der Waals surface area contributed by atoms with Crippen molar-refractivity contribution in [2.45, 2.75) is 366 Å². The summed E-state index contributed by atoms with van der Waals surface area (Å²) in [5.41, 5.74) is 0.